The molecule has 2 heterocycles. The Morgan fingerprint density at radius 3 is 2.72 bits per heavy atom. The third-order valence-corrected chi connectivity index (χ3v) is 4.57. The summed E-state index contributed by atoms with van der Waals surface area (Å²) in [6.45, 7) is -0.136. The van der Waals surface area contributed by atoms with Crippen molar-refractivity contribution in [3.63, 3.8) is 0 Å². The molecule has 0 aliphatic heterocycles. The van der Waals surface area contributed by atoms with E-state index in [-0.39, 0.29) is 12.5 Å². The Kier molecular flexibility index (Phi) is 5.35. The van der Waals surface area contributed by atoms with E-state index in [2.05, 4.69) is 10.3 Å². The number of fused-ring (bicyclic) bond motifs is 1. The molecule has 0 spiro atoms. The molecule has 6 nitrogen and oxygen atoms in total. The van der Waals surface area contributed by atoms with Gasteiger partial charge >= 0.3 is 0 Å². The molecule has 2 aromatic carbocycles. The normalized spacial score (nSPS) is 10.7. The fourth-order valence-corrected chi connectivity index (χ4v) is 3.03. The van der Waals surface area contributed by atoms with Gasteiger partial charge in [-0.2, -0.15) is 0 Å². The number of halogens is 1. The molecule has 4 rings (SSSR count). The van der Waals surface area contributed by atoms with Crippen molar-refractivity contribution in [3.8, 4) is 22.8 Å². The van der Waals surface area contributed by atoms with Crippen LogP contribution in [0.15, 0.2) is 73.1 Å². The summed E-state index contributed by atoms with van der Waals surface area (Å²) in [5.74, 6) is 0.817. The number of hydrogen-bond donors (Lipinski definition) is 1. The maximum Gasteiger partial charge on any atom is 0.262 e. The molecule has 0 aliphatic carbocycles. The smallest absolute Gasteiger partial charge is 0.262 e. The number of amides is 1. The van der Waals surface area contributed by atoms with Crippen LogP contribution >= 0.6 is 11.6 Å². The van der Waals surface area contributed by atoms with E-state index in [4.69, 9.17) is 21.1 Å². The van der Waals surface area contributed by atoms with E-state index < -0.39 is 0 Å². The summed E-state index contributed by atoms with van der Waals surface area (Å²) in [6.07, 6.45) is 3.87. The number of benzene rings is 2. The van der Waals surface area contributed by atoms with Crippen LogP contribution in [-0.4, -0.2) is 29.0 Å². The first-order chi connectivity index (χ1) is 14.1. The molecule has 29 heavy (non-hydrogen) atoms. The van der Waals surface area contributed by atoms with Gasteiger partial charge in [-0.25, -0.2) is 4.98 Å². The molecular weight excluding hydrogens is 390 g/mol. The van der Waals surface area contributed by atoms with E-state index in [1.54, 1.807) is 37.4 Å². The molecule has 0 unspecified atom stereocenters. The zero-order valence-electron chi connectivity index (χ0n) is 15.6. The summed E-state index contributed by atoms with van der Waals surface area (Å²) < 4.78 is 12.8. The summed E-state index contributed by atoms with van der Waals surface area (Å²) >= 11 is 5.85. The topological polar surface area (TPSA) is 64.9 Å². The maximum absolute atomic E-state index is 12.4. The van der Waals surface area contributed by atoms with Crippen molar-refractivity contribution in [1.29, 1.82) is 0 Å². The summed E-state index contributed by atoms with van der Waals surface area (Å²) in [5.41, 5.74) is 3.06. The van der Waals surface area contributed by atoms with Crippen LogP contribution in [0.1, 0.15) is 0 Å². The first kappa shape index (κ1) is 18.8. The number of hydrogen-bond acceptors (Lipinski definition) is 4. The minimum atomic E-state index is -0.301. The van der Waals surface area contributed by atoms with Crippen LogP contribution in [0.4, 0.5) is 5.69 Å². The largest absolute Gasteiger partial charge is 0.495 e. The maximum atomic E-state index is 12.4. The molecule has 0 saturated heterocycles. The lowest BCUT2D eigenvalue weighted by Gasteiger charge is -2.12. The molecule has 7 heteroatoms. The summed E-state index contributed by atoms with van der Waals surface area (Å²) in [4.78, 5) is 17.0. The molecule has 0 atom stereocenters. The Morgan fingerprint density at radius 1 is 1.14 bits per heavy atom. The van der Waals surface area contributed by atoms with Gasteiger partial charge in [-0.05, 0) is 54.6 Å². The second kappa shape index (κ2) is 8.24. The number of pyridine rings is 1. The van der Waals surface area contributed by atoms with Gasteiger partial charge in [-0.3, -0.25) is 4.79 Å². The zero-order valence-corrected chi connectivity index (χ0v) is 16.4. The van der Waals surface area contributed by atoms with E-state index in [1.165, 1.54) is 0 Å². The van der Waals surface area contributed by atoms with Crippen molar-refractivity contribution in [2.45, 2.75) is 0 Å². The van der Waals surface area contributed by atoms with Crippen LogP contribution in [-0.2, 0) is 4.79 Å². The quantitative estimate of drug-likeness (QED) is 0.504. The standard InChI is InChI=1S/C22H18ClN3O3/c1-28-20-10-5-15(19-13-26-11-3-2-4-21(26)24-19)12-18(20)25-22(27)14-29-17-8-6-16(23)7-9-17/h2-13H,14H2,1H3,(H,25,27). The predicted molar refractivity (Wildman–Crippen MR) is 113 cm³/mol. The van der Waals surface area contributed by atoms with E-state index in [0.717, 1.165) is 16.9 Å². The first-order valence-electron chi connectivity index (χ1n) is 8.93. The van der Waals surface area contributed by atoms with Crippen LogP contribution in [0.5, 0.6) is 11.5 Å². The van der Waals surface area contributed by atoms with Crippen molar-refractivity contribution in [1.82, 2.24) is 9.38 Å². The molecule has 0 saturated carbocycles. The van der Waals surface area contributed by atoms with Crippen LogP contribution < -0.4 is 14.8 Å². The molecule has 4 aromatic rings. The van der Waals surface area contributed by atoms with Gasteiger partial charge in [0.05, 0.1) is 18.5 Å². The zero-order chi connectivity index (χ0) is 20.2. The fraction of sp³-hybridized carbons (Fsp3) is 0.0909. The summed E-state index contributed by atoms with van der Waals surface area (Å²) in [5, 5.41) is 3.44. The second-order valence-electron chi connectivity index (χ2n) is 6.30. The molecule has 1 amide bonds. The van der Waals surface area contributed by atoms with Gasteiger partial charge in [0.15, 0.2) is 6.61 Å². The molecule has 0 radical (unpaired) electrons. The number of imidazole rings is 1. The Balaban J connectivity index is 1.51. The Labute approximate surface area is 172 Å². The summed E-state index contributed by atoms with van der Waals surface area (Å²) in [6, 6.07) is 18.2. The third kappa shape index (κ3) is 4.33. The summed E-state index contributed by atoms with van der Waals surface area (Å²) in [7, 11) is 1.56. The Bertz CT molecular complexity index is 1120. The number of ether oxygens (including phenoxy) is 2. The number of nitrogens with zero attached hydrogens (tertiary/aromatic N) is 2. The predicted octanol–water partition coefficient (Wildman–Crippen LogP) is 4.68. The van der Waals surface area contributed by atoms with E-state index in [1.807, 2.05) is 47.1 Å². The Morgan fingerprint density at radius 2 is 1.97 bits per heavy atom. The van der Waals surface area contributed by atoms with Gasteiger partial charge in [0.25, 0.3) is 5.91 Å². The highest BCUT2D eigenvalue weighted by molar-refractivity contribution is 6.30. The van der Waals surface area contributed by atoms with E-state index in [9.17, 15) is 4.79 Å². The van der Waals surface area contributed by atoms with Gasteiger partial charge in [0.2, 0.25) is 0 Å². The lowest BCUT2D eigenvalue weighted by molar-refractivity contribution is -0.118. The lowest BCUT2D eigenvalue weighted by atomic mass is 10.1. The SMILES string of the molecule is COc1ccc(-c2cn3ccccc3n2)cc1NC(=O)COc1ccc(Cl)cc1. The minimum Gasteiger partial charge on any atom is -0.495 e. The Hall–Kier alpha value is -3.51. The third-order valence-electron chi connectivity index (χ3n) is 4.32. The van der Waals surface area contributed by atoms with Crippen molar-refractivity contribution in [3.05, 3.63) is 78.1 Å². The highest BCUT2D eigenvalue weighted by Crippen LogP contribution is 2.30. The number of carbonyl (C=O) groups excluding carboxylic acids is 1. The molecule has 1 N–H and O–H groups in total. The lowest BCUT2D eigenvalue weighted by Crippen LogP contribution is -2.20. The number of rotatable bonds is 6. The molecule has 0 fully saturated rings. The van der Waals surface area contributed by atoms with Crippen LogP contribution in [0, 0.1) is 0 Å². The van der Waals surface area contributed by atoms with Crippen LogP contribution in [0.2, 0.25) is 5.02 Å². The minimum absolute atomic E-state index is 0.136. The van der Waals surface area contributed by atoms with Crippen LogP contribution in [0.25, 0.3) is 16.9 Å². The highest BCUT2D eigenvalue weighted by Gasteiger charge is 2.12. The molecule has 0 bridgehead atoms. The van der Waals surface area contributed by atoms with Gasteiger partial charge < -0.3 is 19.2 Å². The van der Waals surface area contributed by atoms with Crippen molar-refractivity contribution in [2.24, 2.45) is 0 Å². The van der Waals surface area contributed by atoms with Gasteiger partial charge in [-0.1, -0.05) is 17.7 Å². The fourth-order valence-electron chi connectivity index (χ4n) is 2.90. The van der Waals surface area contributed by atoms with Gasteiger partial charge in [0, 0.05) is 23.0 Å². The molecule has 146 valence electrons. The van der Waals surface area contributed by atoms with Crippen molar-refractivity contribution < 1.29 is 14.3 Å². The first-order valence-corrected chi connectivity index (χ1v) is 9.30. The van der Waals surface area contributed by atoms with E-state index in [0.29, 0.717) is 22.2 Å². The highest BCUT2D eigenvalue weighted by atomic mass is 35.5. The average Bonchev–Trinajstić information content (AvgIpc) is 3.17. The molecule has 0 aliphatic rings. The van der Waals surface area contributed by atoms with E-state index >= 15 is 0 Å². The van der Waals surface area contributed by atoms with Crippen molar-refractivity contribution >= 4 is 28.8 Å². The molecular formula is C22H18ClN3O3. The number of carbonyl (C=O) groups is 1. The monoisotopic (exact) mass is 407 g/mol. The number of nitrogens with one attached hydrogen (secondary N) is 1. The molecule has 2 aromatic heterocycles. The van der Waals surface area contributed by atoms with Crippen molar-refractivity contribution in [2.75, 3.05) is 19.0 Å². The number of anilines is 1. The second-order valence-corrected chi connectivity index (χ2v) is 6.73. The average molecular weight is 408 g/mol. The van der Waals surface area contributed by atoms with Gasteiger partial charge in [-0.15, -0.1) is 0 Å². The van der Waals surface area contributed by atoms with Crippen LogP contribution in [0.3, 0.4) is 0 Å². The van der Waals surface area contributed by atoms with Gasteiger partial charge in [0.1, 0.15) is 17.1 Å². The number of methoxy groups -OCH3 is 1. The number of aromatic nitrogens is 2.